The molecule has 2 rings (SSSR count). The summed E-state index contributed by atoms with van der Waals surface area (Å²) in [4.78, 5) is 4.72. The van der Waals surface area contributed by atoms with Crippen molar-refractivity contribution in [3.8, 4) is 0 Å². The topological polar surface area (TPSA) is 6.48 Å². The lowest BCUT2D eigenvalue weighted by atomic mass is 10.5. The van der Waals surface area contributed by atoms with E-state index in [4.69, 9.17) is 12.2 Å². The van der Waals surface area contributed by atoms with E-state index in [2.05, 4.69) is 16.8 Å². The van der Waals surface area contributed by atoms with Gasteiger partial charge in [-0.25, -0.2) is 0 Å². The highest BCUT2D eigenvalue weighted by atomic mass is 32.2. The van der Waals surface area contributed by atoms with Crippen molar-refractivity contribution in [2.24, 2.45) is 0 Å². The third-order valence-corrected chi connectivity index (χ3v) is 3.91. The largest absolute Gasteiger partial charge is 0.344 e. The van der Waals surface area contributed by atoms with Crippen molar-refractivity contribution < 1.29 is 0 Å². The molecule has 1 aliphatic heterocycles. The molecule has 1 saturated carbocycles. The molecule has 0 aromatic carbocycles. The molecule has 12 heavy (non-hydrogen) atoms. The molecule has 0 atom stereocenters. The smallest absolute Gasteiger partial charge is 0.137 e. The van der Waals surface area contributed by atoms with E-state index in [1.807, 2.05) is 11.8 Å². The van der Waals surface area contributed by atoms with E-state index in [1.165, 1.54) is 18.6 Å². The molecule has 2 fully saturated rings. The zero-order valence-corrected chi connectivity index (χ0v) is 8.96. The third kappa shape index (κ3) is 1.92. The number of thioether (sulfide) groups is 1. The molecule has 68 valence electrons. The van der Waals surface area contributed by atoms with E-state index in [9.17, 15) is 0 Å². The van der Waals surface area contributed by atoms with Crippen molar-refractivity contribution in [1.29, 1.82) is 0 Å². The highest BCUT2D eigenvalue weighted by Gasteiger charge is 2.28. The lowest BCUT2D eigenvalue weighted by Gasteiger charge is -2.24. The molecule has 1 saturated heterocycles. The van der Waals surface area contributed by atoms with Crippen molar-refractivity contribution in [3.63, 3.8) is 0 Å². The van der Waals surface area contributed by atoms with Crippen LogP contribution < -0.4 is 0 Å². The van der Waals surface area contributed by atoms with Crippen LogP contribution in [-0.2, 0) is 0 Å². The van der Waals surface area contributed by atoms with Gasteiger partial charge in [-0.3, -0.25) is 4.90 Å². The highest BCUT2D eigenvalue weighted by molar-refractivity contribution is 8.23. The summed E-state index contributed by atoms with van der Waals surface area (Å²) in [5.41, 5.74) is 0. The summed E-state index contributed by atoms with van der Waals surface area (Å²) in [5, 5.41) is 0. The van der Waals surface area contributed by atoms with Gasteiger partial charge in [0, 0.05) is 18.3 Å². The molecule has 0 radical (unpaired) electrons. The Bertz CT molecular complexity index is 191. The molecule has 4 heteroatoms. The van der Waals surface area contributed by atoms with Gasteiger partial charge in [0.25, 0.3) is 0 Å². The number of rotatable bonds is 3. The first kappa shape index (κ1) is 8.78. The first-order chi connectivity index (χ1) is 5.77. The van der Waals surface area contributed by atoms with E-state index in [-0.39, 0.29) is 0 Å². The van der Waals surface area contributed by atoms with Crippen molar-refractivity contribution in [2.45, 2.75) is 18.9 Å². The van der Waals surface area contributed by atoms with E-state index in [0.29, 0.717) is 0 Å². The summed E-state index contributed by atoms with van der Waals surface area (Å²) in [6.45, 7) is 2.18. The third-order valence-electron chi connectivity index (χ3n) is 2.41. The SMILES string of the molecule is CN(CN1CCSC1=S)C1CC1. The Balaban J connectivity index is 1.80. The van der Waals surface area contributed by atoms with Gasteiger partial charge in [-0.2, -0.15) is 0 Å². The molecule has 0 spiro atoms. The Morgan fingerprint density at radius 2 is 2.42 bits per heavy atom. The second-order valence-electron chi connectivity index (χ2n) is 3.51. The highest BCUT2D eigenvalue weighted by Crippen LogP contribution is 2.26. The summed E-state index contributed by atoms with van der Waals surface area (Å²) < 4.78 is 1.09. The molecule has 0 N–H and O–H groups in total. The maximum atomic E-state index is 5.23. The predicted molar refractivity (Wildman–Crippen MR) is 57.4 cm³/mol. The zero-order chi connectivity index (χ0) is 8.55. The van der Waals surface area contributed by atoms with Crippen LogP contribution in [0.1, 0.15) is 12.8 Å². The van der Waals surface area contributed by atoms with E-state index < -0.39 is 0 Å². The lowest BCUT2D eigenvalue weighted by Crippen LogP contribution is -2.36. The normalized spacial score (nSPS) is 24.2. The van der Waals surface area contributed by atoms with Crippen LogP contribution in [-0.4, -0.2) is 46.2 Å². The van der Waals surface area contributed by atoms with Gasteiger partial charge in [0.1, 0.15) is 4.32 Å². The average Bonchev–Trinajstić information content (AvgIpc) is 2.80. The van der Waals surface area contributed by atoms with Crippen LogP contribution in [0, 0.1) is 0 Å². The van der Waals surface area contributed by atoms with Gasteiger partial charge in [0.2, 0.25) is 0 Å². The van der Waals surface area contributed by atoms with E-state index in [0.717, 1.165) is 23.6 Å². The van der Waals surface area contributed by atoms with Crippen LogP contribution in [0.4, 0.5) is 0 Å². The number of hydrogen-bond acceptors (Lipinski definition) is 3. The van der Waals surface area contributed by atoms with Crippen LogP contribution in [0.15, 0.2) is 0 Å². The Morgan fingerprint density at radius 1 is 1.67 bits per heavy atom. The molecular weight excluding hydrogens is 188 g/mol. The minimum Gasteiger partial charge on any atom is -0.344 e. The van der Waals surface area contributed by atoms with Crippen molar-refractivity contribution in [1.82, 2.24) is 9.80 Å². The maximum Gasteiger partial charge on any atom is 0.137 e. The maximum absolute atomic E-state index is 5.23. The quantitative estimate of drug-likeness (QED) is 0.637. The van der Waals surface area contributed by atoms with Gasteiger partial charge >= 0.3 is 0 Å². The van der Waals surface area contributed by atoms with Gasteiger partial charge in [-0.05, 0) is 19.9 Å². The molecule has 1 aliphatic carbocycles. The first-order valence-electron chi connectivity index (χ1n) is 4.39. The Hall–Kier alpha value is 0.200. The molecule has 0 bridgehead atoms. The zero-order valence-electron chi connectivity index (χ0n) is 7.32. The van der Waals surface area contributed by atoms with Gasteiger partial charge in [-0.1, -0.05) is 24.0 Å². The molecule has 1 heterocycles. The van der Waals surface area contributed by atoms with Crippen LogP contribution in [0.25, 0.3) is 0 Å². The van der Waals surface area contributed by atoms with Gasteiger partial charge in [0.05, 0.1) is 6.67 Å². The number of hydrogen-bond donors (Lipinski definition) is 0. The summed E-state index contributed by atoms with van der Waals surface area (Å²) in [7, 11) is 2.20. The standard InChI is InChI=1S/C8H14N2S2/c1-9(7-2-3-7)6-10-4-5-12-8(10)11/h7H,2-6H2,1H3. The van der Waals surface area contributed by atoms with Gasteiger partial charge in [-0.15, -0.1) is 0 Å². The molecular formula is C8H14N2S2. The monoisotopic (exact) mass is 202 g/mol. The van der Waals surface area contributed by atoms with Crippen LogP contribution in [0.2, 0.25) is 0 Å². The summed E-state index contributed by atoms with van der Waals surface area (Å²) in [6.07, 6.45) is 2.76. The van der Waals surface area contributed by atoms with Crippen LogP contribution >= 0.6 is 24.0 Å². The van der Waals surface area contributed by atoms with Gasteiger partial charge in [0.15, 0.2) is 0 Å². The first-order valence-corrected chi connectivity index (χ1v) is 5.78. The molecule has 2 nitrogen and oxygen atoms in total. The average molecular weight is 202 g/mol. The minimum atomic E-state index is 0.846. The minimum absolute atomic E-state index is 0.846. The summed E-state index contributed by atoms with van der Waals surface area (Å²) >= 11 is 7.04. The van der Waals surface area contributed by atoms with Crippen molar-refractivity contribution in [2.75, 3.05) is 26.0 Å². The van der Waals surface area contributed by atoms with Crippen LogP contribution in [0.3, 0.4) is 0 Å². The van der Waals surface area contributed by atoms with Crippen molar-refractivity contribution in [3.05, 3.63) is 0 Å². The summed E-state index contributed by atoms with van der Waals surface area (Å²) in [5.74, 6) is 1.18. The Morgan fingerprint density at radius 3 is 2.92 bits per heavy atom. The van der Waals surface area contributed by atoms with Gasteiger partial charge < -0.3 is 4.90 Å². The van der Waals surface area contributed by atoms with Crippen molar-refractivity contribution >= 4 is 28.3 Å². The number of thiocarbonyl (C=S) groups is 1. The molecule has 0 amide bonds. The fourth-order valence-corrected chi connectivity index (χ4v) is 2.67. The fraction of sp³-hybridized carbons (Fsp3) is 0.875. The Labute approximate surface area is 83.3 Å². The second kappa shape index (κ2) is 3.52. The second-order valence-corrected chi connectivity index (χ2v) is 5.24. The van der Waals surface area contributed by atoms with E-state index >= 15 is 0 Å². The molecule has 0 aromatic rings. The summed E-state index contributed by atoms with van der Waals surface area (Å²) in [6, 6.07) is 0.846. The lowest BCUT2D eigenvalue weighted by molar-refractivity contribution is 0.228. The molecule has 0 unspecified atom stereocenters. The van der Waals surface area contributed by atoms with E-state index in [1.54, 1.807) is 0 Å². The molecule has 0 aromatic heterocycles. The number of nitrogens with zero attached hydrogens (tertiary/aromatic N) is 2. The molecule has 2 aliphatic rings. The van der Waals surface area contributed by atoms with Crippen LogP contribution in [0.5, 0.6) is 0 Å². The predicted octanol–water partition coefficient (Wildman–Crippen LogP) is 1.37. The Kier molecular flexibility index (Phi) is 2.57. The fourth-order valence-electron chi connectivity index (χ4n) is 1.45.